The number of carbonyl (C=O) groups is 2. The number of nitrogens with one attached hydrogen (secondary N) is 2. The van der Waals surface area contributed by atoms with Gasteiger partial charge in [-0.3, -0.25) is 9.59 Å². The number of piperidine rings is 1. The molecule has 2 N–H and O–H groups in total. The molecule has 0 aliphatic carbocycles. The molecule has 0 saturated carbocycles. The number of rotatable bonds is 5. The third-order valence-electron chi connectivity index (χ3n) is 5.24. The minimum Gasteiger partial charge on any atom is -0.339 e. The Morgan fingerprint density at radius 1 is 1.19 bits per heavy atom. The maximum absolute atomic E-state index is 12.6. The summed E-state index contributed by atoms with van der Waals surface area (Å²) >= 11 is 0. The molecule has 2 fully saturated rings. The van der Waals surface area contributed by atoms with Gasteiger partial charge in [0.1, 0.15) is 6.04 Å². The lowest BCUT2D eigenvalue weighted by atomic mass is 10.1. The molecule has 1 aromatic carbocycles. The molecule has 1 unspecified atom stereocenters. The zero-order chi connectivity index (χ0) is 18.6. The lowest BCUT2D eigenvalue weighted by molar-refractivity contribution is -0.129. The molecule has 2 saturated heterocycles. The molecule has 2 aromatic rings. The fourth-order valence-electron chi connectivity index (χ4n) is 3.70. The summed E-state index contributed by atoms with van der Waals surface area (Å²) in [5, 5.41) is 14.2. The Kier molecular flexibility index (Phi) is 5.15. The van der Waals surface area contributed by atoms with Crippen LogP contribution >= 0.6 is 0 Å². The molecule has 8 nitrogen and oxygen atoms in total. The number of benzene rings is 1. The first kappa shape index (κ1) is 17.7. The summed E-state index contributed by atoms with van der Waals surface area (Å²) in [5.41, 5.74) is 1.35. The summed E-state index contributed by atoms with van der Waals surface area (Å²) in [4.78, 5) is 26.9. The molecule has 0 bridgehead atoms. The number of aromatic nitrogens is 3. The third-order valence-corrected chi connectivity index (χ3v) is 5.24. The van der Waals surface area contributed by atoms with Gasteiger partial charge in [0, 0.05) is 13.1 Å². The molecule has 3 heterocycles. The summed E-state index contributed by atoms with van der Waals surface area (Å²) in [6.07, 6.45) is 4.24. The Labute approximate surface area is 157 Å². The topological polar surface area (TPSA) is 92.2 Å². The molecule has 4 rings (SSSR count). The second-order valence-electron chi connectivity index (χ2n) is 7.13. The number of hydrogen-bond donors (Lipinski definition) is 2. The van der Waals surface area contributed by atoms with Crippen LogP contribution < -0.4 is 10.6 Å². The average Bonchev–Trinajstić information content (AvgIpc) is 3.33. The van der Waals surface area contributed by atoms with Crippen LogP contribution in [0.4, 0.5) is 0 Å². The van der Waals surface area contributed by atoms with E-state index in [9.17, 15) is 9.59 Å². The van der Waals surface area contributed by atoms with Crippen molar-refractivity contribution < 1.29 is 9.59 Å². The maximum atomic E-state index is 12.6. The van der Waals surface area contributed by atoms with Gasteiger partial charge in [0.25, 0.3) is 5.91 Å². The fraction of sp³-hybridized carbons (Fsp3) is 0.474. The van der Waals surface area contributed by atoms with E-state index in [1.54, 1.807) is 15.8 Å². The molecule has 2 amide bonds. The minimum absolute atomic E-state index is 0.0436. The first-order valence-electron chi connectivity index (χ1n) is 9.47. The zero-order valence-corrected chi connectivity index (χ0v) is 15.2. The van der Waals surface area contributed by atoms with Crippen molar-refractivity contribution in [2.45, 2.75) is 37.9 Å². The van der Waals surface area contributed by atoms with E-state index in [0.717, 1.165) is 31.5 Å². The van der Waals surface area contributed by atoms with Crippen LogP contribution in [0, 0.1) is 0 Å². The van der Waals surface area contributed by atoms with Crippen LogP contribution in [0.3, 0.4) is 0 Å². The minimum atomic E-state index is -0.495. The first-order chi connectivity index (χ1) is 13.2. The Bertz CT molecular complexity index is 800. The molecule has 27 heavy (non-hydrogen) atoms. The van der Waals surface area contributed by atoms with Crippen molar-refractivity contribution >= 4 is 11.8 Å². The van der Waals surface area contributed by atoms with Crippen molar-refractivity contribution in [1.29, 1.82) is 0 Å². The van der Waals surface area contributed by atoms with Gasteiger partial charge in [0.15, 0.2) is 5.69 Å². The van der Waals surface area contributed by atoms with Gasteiger partial charge >= 0.3 is 0 Å². The molecular weight excluding hydrogens is 344 g/mol. The predicted molar refractivity (Wildman–Crippen MR) is 98.9 cm³/mol. The molecule has 1 aromatic heterocycles. The fourth-order valence-corrected chi connectivity index (χ4v) is 3.70. The lowest BCUT2D eigenvalue weighted by Crippen LogP contribution is -2.41. The number of likely N-dealkylation sites (tertiary alicyclic amines) is 1. The molecule has 8 heteroatoms. The molecule has 0 spiro atoms. The predicted octanol–water partition coefficient (Wildman–Crippen LogP) is 0.733. The molecular formula is C19H24N6O2. The second-order valence-corrected chi connectivity index (χ2v) is 7.13. The van der Waals surface area contributed by atoms with Crippen molar-refractivity contribution in [3.8, 4) is 0 Å². The number of amides is 2. The molecule has 0 radical (unpaired) electrons. The SMILES string of the molecule is O=C(NC1CCN(Cc2ccccc2)C1=O)c1cn(C2CCNCC2)nn1. The largest absolute Gasteiger partial charge is 0.339 e. The van der Waals surface area contributed by atoms with Crippen molar-refractivity contribution in [1.82, 2.24) is 30.5 Å². The molecule has 2 aliphatic heterocycles. The quantitative estimate of drug-likeness (QED) is 0.812. The van der Waals surface area contributed by atoms with Crippen LogP contribution in [0.15, 0.2) is 36.5 Å². The van der Waals surface area contributed by atoms with Gasteiger partial charge in [-0.25, -0.2) is 4.68 Å². The van der Waals surface area contributed by atoms with E-state index in [1.807, 2.05) is 30.3 Å². The standard InChI is InChI=1S/C19H24N6O2/c26-18(17-13-25(23-22-17)15-6-9-20-10-7-15)21-16-8-11-24(19(16)27)12-14-4-2-1-3-5-14/h1-5,13,15-16,20H,6-12H2,(H,21,26). The smallest absolute Gasteiger partial charge is 0.274 e. The maximum Gasteiger partial charge on any atom is 0.274 e. The van der Waals surface area contributed by atoms with Crippen molar-refractivity contribution in [3.05, 3.63) is 47.8 Å². The van der Waals surface area contributed by atoms with Crippen LogP contribution in [-0.4, -0.2) is 57.4 Å². The van der Waals surface area contributed by atoms with E-state index in [0.29, 0.717) is 19.5 Å². The summed E-state index contributed by atoms with van der Waals surface area (Å²) in [7, 11) is 0. The van der Waals surface area contributed by atoms with Gasteiger partial charge < -0.3 is 15.5 Å². The Hall–Kier alpha value is -2.74. The van der Waals surface area contributed by atoms with Crippen molar-refractivity contribution in [2.75, 3.05) is 19.6 Å². The van der Waals surface area contributed by atoms with Crippen molar-refractivity contribution in [3.63, 3.8) is 0 Å². The average molecular weight is 368 g/mol. The number of hydrogen-bond acceptors (Lipinski definition) is 5. The Balaban J connectivity index is 1.34. The number of nitrogens with zero attached hydrogens (tertiary/aromatic N) is 4. The van der Waals surface area contributed by atoms with Gasteiger partial charge in [0.05, 0.1) is 12.2 Å². The van der Waals surface area contributed by atoms with Crippen LogP contribution in [-0.2, 0) is 11.3 Å². The van der Waals surface area contributed by atoms with Crippen LogP contribution in [0.5, 0.6) is 0 Å². The van der Waals surface area contributed by atoms with Gasteiger partial charge in [-0.05, 0) is 37.9 Å². The van der Waals surface area contributed by atoms with E-state index in [2.05, 4.69) is 20.9 Å². The van der Waals surface area contributed by atoms with E-state index >= 15 is 0 Å². The second kappa shape index (κ2) is 7.87. The highest BCUT2D eigenvalue weighted by Gasteiger charge is 2.33. The number of carbonyl (C=O) groups excluding carboxylic acids is 2. The van der Waals surface area contributed by atoms with E-state index in [-0.39, 0.29) is 23.6 Å². The van der Waals surface area contributed by atoms with E-state index < -0.39 is 6.04 Å². The van der Waals surface area contributed by atoms with Crippen LogP contribution in [0.2, 0.25) is 0 Å². The van der Waals surface area contributed by atoms with Crippen molar-refractivity contribution in [2.24, 2.45) is 0 Å². The highest BCUT2D eigenvalue weighted by molar-refractivity contribution is 5.96. The highest BCUT2D eigenvalue weighted by Crippen LogP contribution is 2.18. The van der Waals surface area contributed by atoms with Gasteiger partial charge in [-0.15, -0.1) is 5.10 Å². The Morgan fingerprint density at radius 2 is 1.96 bits per heavy atom. The monoisotopic (exact) mass is 368 g/mol. The van der Waals surface area contributed by atoms with Gasteiger partial charge in [-0.1, -0.05) is 35.5 Å². The summed E-state index contributed by atoms with van der Waals surface area (Å²) < 4.78 is 1.77. The summed E-state index contributed by atoms with van der Waals surface area (Å²) in [5.74, 6) is -0.381. The van der Waals surface area contributed by atoms with E-state index in [1.165, 1.54) is 0 Å². The Morgan fingerprint density at radius 3 is 2.74 bits per heavy atom. The molecule has 142 valence electrons. The lowest BCUT2D eigenvalue weighted by Gasteiger charge is -2.22. The summed E-state index contributed by atoms with van der Waals surface area (Å²) in [6, 6.07) is 9.65. The summed E-state index contributed by atoms with van der Waals surface area (Å²) in [6.45, 7) is 3.10. The molecule has 2 aliphatic rings. The molecule has 1 atom stereocenters. The van der Waals surface area contributed by atoms with Gasteiger partial charge in [0.2, 0.25) is 5.91 Å². The van der Waals surface area contributed by atoms with Gasteiger partial charge in [-0.2, -0.15) is 0 Å². The van der Waals surface area contributed by atoms with Crippen LogP contribution in [0.1, 0.15) is 41.4 Å². The zero-order valence-electron chi connectivity index (χ0n) is 15.2. The third kappa shape index (κ3) is 4.00. The first-order valence-corrected chi connectivity index (χ1v) is 9.47. The van der Waals surface area contributed by atoms with Crippen LogP contribution in [0.25, 0.3) is 0 Å². The normalized spacial score (nSPS) is 20.8. The highest BCUT2D eigenvalue weighted by atomic mass is 16.2. The van der Waals surface area contributed by atoms with E-state index in [4.69, 9.17) is 0 Å².